The largest absolute Gasteiger partial charge is 0.465 e. The molecular formula is C12H23NO3. The van der Waals surface area contributed by atoms with Crippen molar-refractivity contribution < 1.29 is 14.3 Å². The molecular weight excluding hydrogens is 206 g/mol. The molecule has 0 aromatic rings. The van der Waals surface area contributed by atoms with Crippen LogP contribution in [-0.2, 0) is 14.3 Å². The Hall–Kier alpha value is -1.06. The first kappa shape index (κ1) is 14.9. The zero-order valence-corrected chi connectivity index (χ0v) is 11.2. The Balaban J connectivity index is 4.64. The van der Waals surface area contributed by atoms with Crippen LogP contribution in [0.5, 0.6) is 0 Å². The van der Waals surface area contributed by atoms with Crippen LogP contribution in [-0.4, -0.2) is 36.0 Å². The van der Waals surface area contributed by atoms with Gasteiger partial charge in [0.05, 0.1) is 6.61 Å². The molecule has 0 spiro atoms. The van der Waals surface area contributed by atoms with Gasteiger partial charge in [-0.2, -0.15) is 0 Å². The van der Waals surface area contributed by atoms with Crippen LogP contribution in [0.3, 0.4) is 0 Å². The average Bonchev–Trinajstić information content (AvgIpc) is 2.11. The lowest BCUT2D eigenvalue weighted by Gasteiger charge is -2.31. The highest BCUT2D eigenvalue weighted by atomic mass is 16.5. The van der Waals surface area contributed by atoms with Crippen molar-refractivity contribution in [3.05, 3.63) is 0 Å². The first-order valence-corrected chi connectivity index (χ1v) is 5.66. The van der Waals surface area contributed by atoms with Crippen molar-refractivity contribution in [1.29, 1.82) is 0 Å². The molecule has 4 nitrogen and oxygen atoms in total. The summed E-state index contributed by atoms with van der Waals surface area (Å²) in [4.78, 5) is 25.0. The van der Waals surface area contributed by atoms with E-state index in [0.29, 0.717) is 6.61 Å². The Morgan fingerprint density at radius 2 is 1.75 bits per heavy atom. The van der Waals surface area contributed by atoms with Gasteiger partial charge < -0.3 is 9.64 Å². The van der Waals surface area contributed by atoms with Crippen molar-refractivity contribution in [2.24, 2.45) is 5.41 Å². The van der Waals surface area contributed by atoms with Crippen LogP contribution in [0.2, 0.25) is 0 Å². The monoisotopic (exact) mass is 229 g/mol. The van der Waals surface area contributed by atoms with Crippen LogP contribution in [0, 0.1) is 5.41 Å². The standard InChI is InChI=1S/C12H23NO3/c1-7-16-10(14)8-13(9(2)3)11(15)12(4,5)6/h9H,7-8H2,1-6H3. The fourth-order valence-electron chi connectivity index (χ4n) is 1.27. The van der Waals surface area contributed by atoms with Crippen molar-refractivity contribution in [2.45, 2.75) is 47.6 Å². The molecule has 0 fully saturated rings. The summed E-state index contributed by atoms with van der Waals surface area (Å²) >= 11 is 0. The number of nitrogens with zero attached hydrogens (tertiary/aromatic N) is 1. The molecule has 0 aliphatic rings. The molecule has 4 heteroatoms. The van der Waals surface area contributed by atoms with E-state index in [1.165, 1.54) is 0 Å². The van der Waals surface area contributed by atoms with Crippen molar-refractivity contribution in [3.63, 3.8) is 0 Å². The number of hydrogen-bond donors (Lipinski definition) is 0. The second-order valence-corrected chi connectivity index (χ2v) is 5.08. The minimum Gasteiger partial charge on any atom is -0.465 e. The van der Waals surface area contributed by atoms with Gasteiger partial charge in [0, 0.05) is 11.5 Å². The summed E-state index contributed by atoms with van der Waals surface area (Å²) in [5.74, 6) is -0.385. The molecule has 0 heterocycles. The van der Waals surface area contributed by atoms with Crippen LogP contribution >= 0.6 is 0 Å². The van der Waals surface area contributed by atoms with Gasteiger partial charge >= 0.3 is 5.97 Å². The highest BCUT2D eigenvalue weighted by molar-refractivity contribution is 5.85. The van der Waals surface area contributed by atoms with Gasteiger partial charge in [0.1, 0.15) is 6.54 Å². The van der Waals surface area contributed by atoms with Crippen LogP contribution in [0.4, 0.5) is 0 Å². The summed E-state index contributed by atoms with van der Waals surface area (Å²) in [5, 5.41) is 0. The lowest BCUT2D eigenvalue weighted by Crippen LogP contribution is -2.46. The van der Waals surface area contributed by atoms with E-state index in [1.807, 2.05) is 34.6 Å². The Morgan fingerprint density at radius 1 is 1.25 bits per heavy atom. The summed E-state index contributed by atoms with van der Waals surface area (Å²) in [6.07, 6.45) is 0. The second-order valence-electron chi connectivity index (χ2n) is 5.08. The molecule has 0 unspecified atom stereocenters. The zero-order chi connectivity index (χ0) is 12.9. The molecule has 0 atom stereocenters. The maximum atomic E-state index is 12.1. The van der Waals surface area contributed by atoms with Crippen LogP contribution < -0.4 is 0 Å². The van der Waals surface area contributed by atoms with Gasteiger partial charge in [0.15, 0.2) is 0 Å². The Labute approximate surface area is 98.0 Å². The molecule has 16 heavy (non-hydrogen) atoms. The number of carbonyl (C=O) groups is 2. The summed E-state index contributed by atoms with van der Waals surface area (Å²) in [6, 6.07) is -0.00358. The number of hydrogen-bond acceptors (Lipinski definition) is 3. The highest BCUT2D eigenvalue weighted by Crippen LogP contribution is 2.19. The number of amides is 1. The number of ether oxygens (including phenoxy) is 1. The van der Waals surface area contributed by atoms with Gasteiger partial charge in [-0.1, -0.05) is 20.8 Å². The van der Waals surface area contributed by atoms with Crippen LogP contribution in [0.1, 0.15) is 41.5 Å². The van der Waals surface area contributed by atoms with Crippen LogP contribution in [0.15, 0.2) is 0 Å². The molecule has 94 valence electrons. The van der Waals surface area contributed by atoms with E-state index in [9.17, 15) is 9.59 Å². The topological polar surface area (TPSA) is 46.6 Å². The molecule has 1 amide bonds. The molecule has 0 radical (unpaired) electrons. The predicted octanol–water partition coefficient (Wildman–Crippen LogP) is 1.83. The van der Waals surface area contributed by atoms with Crippen LogP contribution in [0.25, 0.3) is 0 Å². The third-order valence-electron chi connectivity index (χ3n) is 2.13. The van der Waals surface area contributed by atoms with E-state index < -0.39 is 5.41 Å². The average molecular weight is 229 g/mol. The van der Waals surface area contributed by atoms with Gasteiger partial charge in [0.2, 0.25) is 5.91 Å². The summed E-state index contributed by atoms with van der Waals surface area (Å²) < 4.78 is 4.85. The van der Waals surface area contributed by atoms with Crippen molar-refractivity contribution in [2.75, 3.05) is 13.2 Å². The Morgan fingerprint density at radius 3 is 2.06 bits per heavy atom. The quantitative estimate of drug-likeness (QED) is 0.691. The minimum atomic E-state index is -0.475. The third kappa shape index (κ3) is 4.64. The molecule has 0 saturated carbocycles. The van der Waals surface area contributed by atoms with Crippen molar-refractivity contribution in [1.82, 2.24) is 4.90 Å². The molecule has 0 aromatic heterocycles. The molecule has 0 aromatic carbocycles. The maximum Gasteiger partial charge on any atom is 0.325 e. The smallest absolute Gasteiger partial charge is 0.325 e. The summed E-state index contributed by atoms with van der Waals surface area (Å²) in [7, 11) is 0. The minimum absolute atomic E-state index is 0.00358. The molecule has 0 aliphatic carbocycles. The lowest BCUT2D eigenvalue weighted by atomic mass is 9.94. The van der Waals surface area contributed by atoms with E-state index in [4.69, 9.17) is 4.74 Å². The second kappa shape index (κ2) is 5.87. The van der Waals surface area contributed by atoms with E-state index in [2.05, 4.69) is 0 Å². The summed E-state index contributed by atoms with van der Waals surface area (Å²) in [6.45, 7) is 11.4. The fourth-order valence-corrected chi connectivity index (χ4v) is 1.27. The van der Waals surface area contributed by atoms with Gasteiger partial charge in [-0.25, -0.2) is 0 Å². The van der Waals surface area contributed by atoms with Gasteiger partial charge in [0.25, 0.3) is 0 Å². The van der Waals surface area contributed by atoms with E-state index in [1.54, 1.807) is 11.8 Å². The van der Waals surface area contributed by atoms with Gasteiger partial charge in [-0.3, -0.25) is 9.59 Å². The molecule has 0 N–H and O–H groups in total. The first-order chi connectivity index (χ1) is 7.20. The SMILES string of the molecule is CCOC(=O)CN(C(=O)C(C)(C)C)C(C)C. The summed E-state index contributed by atoms with van der Waals surface area (Å²) in [5.41, 5.74) is -0.475. The van der Waals surface area contributed by atoms with Crippen molar-refractivity contribution >= 4 is 11.9 Å². The lowest BCUT2D eigenvalue weighted by molar-refractivity contribution is -0.153. The van der Waals surface area contributed by atoms with E-state index in [0.717, 1.165) is 0 Å². The number of rotatable bonds is 4. The molecule has 0 saturated heterocycles. The molecule has 0 aliphatic heterocycles. The Bertz CT molecular complexity index is 253. The fraction of sp³-hybridized carbons (Fsp3) is 0.833. The molecule has 0 rings (SSSR count). The van der Waals surface area contributed by atoms with Gasteiger partial charge in [-0.05, 0) is 20.8 Å². The van der Waals surface area contributed by atoms with E-state index >= 15 is 0 Å². The van der Waals surface area contributed by atoms with Gasteiger partial charge in [-0.15, -0.1) is 0 Å². The first-order valence-electron chi connectivity index (χ1n) is 5.66. The number of carbonyl (C=O) groups excluding carboxylic acids is 2. The number of esters is 1. The third-order valence-corrected chi connectivity index (χ3v) is 2.13. The molecule has 0 bridgehead atoms. The van der Waals surface area contributed by atoms with Crippen molar-refractivity contribution in [3.8, 4) is 0 Å². The zero-order valence-electron chi connectivity index (χ0n) is 11.2. The predicted molar refractivity (Wildman–Crippen MR) is 62.9 cm³/mol. The normalized spacial score (nSPS) is 11.4. The van der Waals surface area contributed by atoms with E-state index in [-0.39, 0.29) is 24.5 Å². The maximum absolute atomic E-state index is 12.1. The Kier molecular flexibility index (Phi) is 5.48. The highest BCUT2D eigenvalue weighted by Gasteiger charge is 2.30.